The van der Waals surface area contributed by atoms with E-state index in [0.29, 0.717) is 0 Å². The zero-order valence-corrected chi connectivity index (χ0v) is 7.32. The van der Waals surface area contributed by atoms with Gasteiger partial charge in [0.05, 0.1) is 0 Å². The molecule has 0 radical (unpaired) electrons. The summed E-state index contributed by atoms with van der Waals surface area (Å²) >= 11 is 0. The molecule has 0 bridgehead atoms. The van der Waals surface area contributed by atoms with E-state index in [1.54, 1.807) is 0 Å². The van der Waals surface area contributed by atoms with E-state index in [1.807, 2.05) is 0 Å². The van der Waals surface area contributed by atoms with Crippen molar-refractivity contribution in [3.63, 3.8) is 0 Å². The molecule has 0 aliphatic heterocycles. The van der Waals surface area contributed by atoms with Crippen molar-refractivity contribution in [3.8, 4) is 0 Å². The molecule has 1 rings (SSSR count). The Morgan fingerprint density at radius 2 is 2.14 bits per heavy atom. The third-order valence-corrected chi connectivity index (χ3v) is 1.41. The molecule has 0 amide bonds. The minimum Gasteiger partial charge on any atom is -0.343 e. The van der Waals surface area contributed by atoms with Crippen LogP contribution in [0.15, 0.2) is 0 Å². The Morgan fingerprint density at radius 1 is 1.57 bits per heavy atom. The molecule has 1 aliphatic rings. The first kappa shape index (κ1) is 7.69. The van der Waals surface area contributed by atoms with Gasteiger partial charge in [0.15, 0.2) is 0 Å². The molecule has 1 fully saturated rings. The molecular weight excluding hydrogens is 256 g/mol. The van der Waals surface area contributed by atoms with Gasteiger partial charge in [-0.05, 0) is 0 Å². The number of hydrogen-bond acceptors (Lipinski definition) is 0. The molecule has 0 spiro atoms. The van der Waals surface area contributed by atoms with Crippen LogP contribution in [-0.2, 0) is 21.1 Å². The minimum atomic E-state index is 0. The zero-order valence-electron chi connectivity index (χ0n) is 4.39. The smallest absolute Gasteiger partial charge is 0.343 e. The summed E-state index contributed by atoms with van der Waals surface area (Å²) in [6.07, 6.45) is 6.10. The molecule has 0 saturated heterocycles. The van der Waals surface area contributed by atoms with Crippen molar-refractivity contribution in [1.29, 1.82) is 0 Å². The molecule has 7 heavy (non-hydrogen) atoms. The Balaban J connectivity index is 0.000000360. The van der Waals surface area contributed by atoms with Crippen molar-refractivity contribution in [1.82, 2.24) is 0 Å². The molecule has 40 valence electrons. The Bertz CT molecular complexity index is 36.7. The third kappa shape index (κ3) is 1.95. The van der Waals surface area contributed by atoms with Crippen LogP contribution in [0.4, 0.5) is 0 Å². The third-order valence-electron chi connectivity index (χ3n) is 1.41. The summed E-state index contributed by atoms with van der Waals surface area (Å²) in [5.41, 5.74) is 0. The van der Waals surface area contributed by atoms with Crippen molar-refractivity contribution in [2.75, 3.05) is 0 Å². The number of hydrogen-bond donors (Lipinski definition) is 0. The first-order valence-corrected chi connectivity index (χ1v) is 2.54. The number of rotatable bonds is 1. The fraction of sp³-hybridized carbons (Fsp3) is 0.667. The maximum atomic E-state index is 3.79. The van der Waals surface area contributed by atoms with Crippen molar-refractivity contribution in [2.45, 2.75) is 19.3 Å². The van der Waals surface area contributed by atoms with E-state index in [1.165, 1.54) is 12.8 Å². The minimum absolute atomic E-state index is 0. The zero-order chi connectivity index (χ0) is 4.41. The van der Waals surface area contributed by atoms with Crippen LogP contribution < -0.4 is 0 Å². The Kier molecular flexibility index (Phi) is 4.02. The largest absolute Gasteiger partial charge is 2.00 e. The molecule has 0 atom stereocenters. The molecule has 0 aromatic carbocycles. The van der Waals surface area contributed by atoms with Crippen molar-refractivity contribution >= 4 is 0 Å². The van der Waals surface area contributed by atoms with Crippen LogP contribution in [0.25, 0.3) is 0 Å². The van der Waals surface area contributed by atoms with Gasteiger partial charge in [0.1, 0.15) is 0 Å². The second kappa shape index (κ2) is 3.66. The normalized spacial score (nSPS) is 20.1. The Hall–Kier alpha value is 0.688. The molecule has 1 aliphatic carbocycles. The summed E-state index contributed by atoms with van der Waals surface area (Å²) in [4.78, 5) is 0. The summed E-state index contributed by atoms with van der Waals surface area (Å²) in [6.45, 7) is 3.79. The van der Waals surface area contributed by atoms with Gasteiger partial charge in [-0.2, -0.15) is 19.3 Å². The fourth-order valence-corrected chi connectivity index (χ4v) is 0.638. The quantitative estimate of drug-likeness (QED) is 0.635. The van der Waals surface area contributed by atoms with Gasteiger partial charge in [0, 0.05) is 0 Å². The van der Waals surface area contributed by atoms with E-state index < -0.39 is 0 Å². The second-order valence-electron chi connectivity index (χ2n) is 1.91. The van der Waals surface area contributed by atoms with E-state index in [2.05, 4.69) is 13.3 Å². The molecule has 0 N–H and O–H groups in total. The van der Waals surface area contributed by atoms with E-state index in [9.17, 15) is 0 Å². The molecule has 0 heterocycles. The molecule has 1 saturated carbocycles. The molecule has 1 heteroatoms. The van der Waals surface area contributed by atoms with E-state index in [4.69, 9.17) is 0 Å². The van der Waals surface area contributed by atoms with Crippen LogP contribution >= 0.6 is 0 Å². The van der Waals surface area contributed by atoms with E-state index in [0.717, 1.165) is 12.3 Å². The average Bonchev–Trinajstić information content (AvgIpc) is 1.31. The van der Waals surface area contributed by atoms with Crippen LogP contribution in [0.5, 0.6) is 0 Å². The van der Waals surface area contributed by atoms with Gasteiger partial charge in [-0.3, -0.25) is 0 Å². The summed E-state index contributed by atoms with van der Waals surface area (Å²) in [5, 5.41) is 0. The van der Waals surface area contributed by atoms with Crippen LogP contribution in [0.3, 0.4) is 0 Å². The predicted octanol–water partition coefficient (Wildman–Crippen LogP) is 1.82. The van der Waals surface area contributed by atoms with Crippen LogP contribution in [0.2, 0.25) is 0 Å². The molecule has 0 aromatic heterocycles. The van der Waals surface area contributed by atoms with Gasteiger partial charge in [0.25, 0.3) is 0 Å². The standard InChI is InChI=1S/C6H10.W/c1-2-6-4-3-5-6;/h3,6H,1-2,4-5H2;/q-2;+2. The molecule has 0 aromatic rings. The van der Waals surface area contributed by atoms with Crippen LogP contribution in [0, 0.1) is 19.3 Å². The monoisotopic (exact) mass is 266 g/mol. The van der Waals surface area contributed by atoms with Crippen LogP contribution in [0.1, 0.15) is 19.3 Å². The van der Waals surface area contributed by atoms with E-state index in [-0.39, 0.29) is 21.1 Å². The van der Waals surface area contributed by atoms with Gasteiger partial charge < -0.3 is 13.3 Å². The van der Waals surface area contributed by atoms with Crippen molar-refractivity contribution in [3.05, 3.63) is 13.3 Å². The summed E-state index contributed by atoms with van der Waals surface area (Å²) in [7, 11) is 0. The topological polar surface area (TPSA) is 0 Å². The van der Waals surface area contributed by atoms with Crippen molar-refractivity contribution in [2.24, 2.45) is 5.92 Å². The van der Waals surface area contributed by atoms with Gasteiger partial charge in [-0.15, -0.1) is 5.92 Å². The summed E-state index contributed by atoms with van der Waals surface area (Å²) in [6, 6.07) is 0. The van der Waals surface area contributed by atoms with Gasteiger partial charge in [0.2, 0.25) is 0 Å². The van der Waals surface area contributed by atoms with Crippen molar-refractivity contribution < 1.29 is 21.1 Å². The van der Waals surface area contributed by atoms with Gasteiger partial charge in [-0.25, -0.2) is 0 Å². The first-order chi connectivity index (χ1) is 2.93. The summed E-state index contributed by atoms with van der Waals surface area (Å²) < 4.78 is 0. The van der Waals surface area contributed by atoms with Crippen LogP contribution in [-0.4, -0.2) is 0 Å². The van der Waals surface area contributed by atoms with E-state index >= 15 is 0 Å². The fourth-order valence-electron chi connectivity index (χ4n) is 0.638. The maximum absolute atomic E-state index is 3.79. The predicted molar refractivity (Wildman–Crippen MR) is 27.0 cm³/mol. The molecule has 0 unspecified atom stereocenters. The van der Waals surface area contributed by atoms with Gasteiger partial charge in [-0.1, -0.05) is 0 Å². The first-order valence-electron chi connectivity index (χ1n) is 2.54. The average molecular weight is 266 g/mol. The second-order valence-corrected chi connectivity index (χ2v) is 1.91. The van der Waals surface area contributed by atoms with Gasteiger partial charge >= 0.3 is 21.1 Å². The summed E-state index contributed by atoms with van der Waals surface area (Å²) in [5.74, 6) is 0.949. The molecule has 0 nitrogen and oxygen atoms in total. The maximum Gasteiger partial charge on any atom is 2.00 e. The Morgan fingerprint density at radius 3 is 2.14 bits per heavy atom. The SMILES string of the molecule is [CH2-]CC1C[CH-]C1.[W+2]. The Labute approximate surface area is 59.9 Å². The molecular formula is C6H10W.